The topological polar surface area (TPSA) is 38.0 Å². The Morgan fingerprint density at radius 2 is 2.30 bits per heavy atom. The van der Waals surface area contributed by atoms with Crippen molar-refractivity contribution in [3.05, 3.63) is 47.0 Å². The van der Waals surface area contributed by atoms with Gasteiger partial charge < -0.3 is 5.11 Å². The third-order valence-corrected chi connectivity index (χ3v) is 4.15. The Morgan fingerprint density at radius 3 is 3.00 bits per heavy atom. The number of thioether (sulfide) groups is 1. The van der Waals surface area contributed by atoms with Gasteiger partial charge in [0.15, 0.2) is 0 Å². The second-order valence-corrected chi connectivity index (χ2v) is 5.89. The first-order valence-corrected chi connectivity index (χ1v) is 7.75. The molecule has 1 atom stereocenters. The van der Waals surface area contributed by atoms with Gasteiger partial charge in [-0.25, -0.2) is 4.39 Å². The van der Waals surface area contributed by atoms with E-state index in [-0.39, 0.29) is 5.82 Å². The van der Waals surface area contributed by atoms with Crippen molar-refractivity contribution in [2.24, 2.45) is 0 Å². The highest BCUT2D eigenvalue weighted by atomic mass is 35.5. The third-order valence-electron chi connectivity index (χ3n) is 2.79. The van der Waals surface area contributed by atoms with Crippen LogP contribution in [0.4, 0.5) is 4.39 Å². The average molecular weight is 315 g/mol. The molecule has 0 aliphatic heterocycles. The maximum atomic E-state index is 13.1. The lowest BCUT2D eigenvalue weighted by Crippen LogP contribution is -2.11. The van der Waals surface area contributed by atoms with E-state index in [0.717, 1.165) is 11.3 Å². The van der Waals surface area contributed by atoms with Crippen LogP contribution in [0.5, 0.6) is 0 Å². The van der Waals surface area contributed by atoms with E-state index < -0.39 is 6.10 Å². The zero-order chi connectivity index (χ0) is 14.5. The summed E-state index contributed by atoms with van der Waals surface area (Å²) < 4.78 is 14.8. The number of aromatic nitrogens is 2. The minimum atomic E-state index is -0.732. The summed E-state index contributed by atoms with van der Waals surface area (Å²) in [5.41, 5.74) is 0.623. The Morgan fingerprint density at radius 1 is 1.50 bits per heavy atom. The van der Waals surface area contributed by atoms with Gasteiger partial charge in [0, 0.05) is 17.2 Å². The molecule has 20 heavy (non-hydrogen) atoms. The van der Waals surface area contributed by atoms with Gasteiger partial charge in [-0.1, -0.05) is 24.6 Å². The largest absolute Gasteiger partial charge is 0.386 e. The molecule has 108 valence electrons. The summed E-state index contributed by atoms with van der Waals surface area (Å²) >= 11 is 7.46. The normalized spacial score (nSPS) is 12.6. The van der Waals surface area contributed by atoms with Crippen molar-refractivity contribution in [3.8, 4) is 0 Å². The smallest absolute Gasteiger partial charge is 0.124 e. The van der Waals surface area contributed by atoms with Crippen molar-refractivity contribution in [1.29, 1.82) is 0 Å². The molecule has 6 heteroatoms. The highest BCUT2D eigenvalue weighted by molar-refractivity contribution is 7.99. The predicted octanol–water partition coefficient (Wildman–Crippen LogP) is 3.91. The van der Waals surface area contributed by atoms with E-state index in [0.29, 0.717) is 23.0 Å². The van der Waals surface area contributed by atoms with Crippen molar-refractivity contribution in [2.45, 2.75) is 30.9 Å². The minimum Gasteiger partial charge on any atom is -0.386 e. The fourth-order valence-corrected chi connectivity index (χ4v) is 3.05. The lowest BCUT2D eigenvalue weighted by atomic mass is 10.3. The number of aryl methyl sites for hydroxylation is 1. The molecule has 1 heterocycles. The van der Waals surface area contributed by atoms with Crippen LogP contribution in [-0.2, 0) is 6.54 Å². The Bertz CT molecular complexity index is 576. The van der Waals surface area contributed by atoms with E-state index in [1.54, 1.807) is 16.9 Å². The quantitative estimate of drug-likeness (QED) is 0.821. The van der Waals surface area contributed by atoms with Gasteiger partial charge in [0.2, 0.25) is 0 Å². The average Bonchev–Trinajstić information content (AvgIpc) is 2.78. The first kappa shape index (κ1) is 15.4. The number of benzene rings is 1. The zero-order valence-corrected chi connectivity index (χ0v) is 12.7. The molecule has 0 saturated carbocycles. The second-order valence-electron chi connectivity index (χ2n) is 4.39. The van der Waals surface area contributed by atoms with Crippen LogP contribution in [0.25, 0.3) is 0 Å². The highest BCUT2D eigenvalue weighted by Crippen LogP contribution is 2.29. The van der Waals surface area contributed by atoms with E-state index in [1.165, 1.54) is 23.9 Å². The molecule has 2 aromatic rings. The minimum absolute atomic E-state index is 0.279. The highest BCUT2D eigenvalue weighted by Gasteiger charge is 2.18. The summed E-state index contributed by atoms with van der Waals surface area (Å²) in [6, 6.07) is 6.31. The summed E-state index contributed by atoms with van der Waals surface area (Å²) in [7, 11) is 0. The molecule has 3 nitrogen and oxygen atoms in total. The summed E-state index contributed by atoms with van der Waals surface area (Å²) in [6.07, 6.45) is 1.72. The van der Waals surface area contributed by atoms with E-state index in [9.17, 15) is 9.50 Å². The summed E-state index contributed by atoms with van der Waals surface area (Å²) in [6.45, 7) is 2.75. The van der Waals surface area contributed by atoms with Crippen molar-refractivity contribution in [3.63, 3.8) is 0 Å². The maximum absolute atomic E-state index is 13.1. The van der Waals surface area contributed by atoms with Crippen molar-refractivity contribution < 1.29 is 9.50 Å². The fourth-order valence-electron chi connectivity index (χ4n) is 1.90. The lowest BCUT2D eigenvalue weighted by molar-refractivity contribution is 0.191. The summed E-state index contributed by atoms with van der Waals surface area (Å²) in [4.78, 5) is 0.779. The number of hydrogen-bond acceptors (Lipinski definition) is 3. The van der Waals surface area contributed by atoms with Crippen LogP contribution in [0.3, 0.4) is 0 Å². The van der Waals surface area contributed by atoms with E-state index in [2.05, 4.69) is 5.10 Å². The van der Waals surface area contributed by atoms with Crippen molar-refractivity contribution >= 4 is 23.4 Å². The molecular weight excluding hydrogens is 299 g/mol. The first-order chi connectivity index (χ1) is 9.61. The number of nitrogens with zero attached hydrogens (tertiary/aromatic N) is 2. The van der Waals surface area contributed by atoms with Gasteiger partial charge in [0.05, 0.1) is 16.9 Å². The maximum Gasteiger partial charge on any atom is 0.124 e. The van der Waals surface area contributed by atoms with Crippen LogP contribution in [0, 0.1) is 5.82 Å². The molecule has 0 saturated heterocycles. The number of halogens is 2. The first-order valence-electron chi connectivity index (χ1n) is 6.39. The zero-order valence-electron chi connectivity index (χ0n) is 11.1. The molecular formula is C14H16ClFN2OS. The molecule has 2 rings (SSSR count). The molecule has 0 aliphatic rings. The molecule has 0 aliphatic carbocycles. The third kappa shape index (κ3) is 3.75. The van der Waals surface area contributed by atoms with Crippen LogP contribution in [-0.4, -0.2) is 20.6 Å². The van der Waals surface area contributed by atoms with E-state index in [4.69, 9.17) is 11.6 Å². The Labute approximate surface area is 126 Å². The summed E-state index contributed by atoms with van der Waals surface area (Å²) in [5, 5.41) is 14.9. The Balaban J connectivity index is 2.05. The number of rotatable bonds is 6. The van der Waals surface area contributed by atoms with Gasteiger partial charge in [-0.15, -0.1) is 11.8 Å². The standard InChI is InChI=1S/C14H16ClFN2OS/c1-2-6-18-14(12(15)8-17-18)13(19)9-20-11-5-3-4-10(16)7-11/h3-5,7-8,13,19H,2,6,9H2,1H3. The molecule has 0 fully saturated rings. The van der Waals surface area contributed by atoms with Crippen LogP contribution in [0.15, 0.2) is 35.4 Å². The lowest BCUT2D eigenvalue weighted by Gasteiger charge is -2.13. The number of hydrogen-bond donors (Lipinski definition) is 1. The van der Waals surface area contributed by atoms with Crippen LogP contribution in [0.1, 0.15) is 25.1 Å². The molecule has 0 amide bonds. The van der Waals surface area contributed by atoms with E-state index >= 15 is 0 Å². The Kier molecular flexibility index (Phi) is 5.46. The molecule has 1 aromatic carbocycles. The van der Waals surface area contributed by atoms with Gasteiger partial charge in [-0.05, 0) is 24.6 Å². The van der Waals surface area contributed by atoms with Crippen LogP contribution < -0.4 is 0 Å². The van der Waals surface area contributed by atoms with Crippen LogP contribution in [0.2, 0.25) is 5.02 Å². The Hall–Kier alpha value is -1.04. The van der Waals surface area contributed by atoms with Gasteiger partial charge in [-0.3, -0.25) is 4.68 Å². The summed E-state index contributed by atoms with van der Waals surface area (Å²) in [5.74, 6) is 0.122. The van der Waals surface area contributed by atoms with Crippen LogP contribution >= 0.6 is 23.4 Å². The van der Waals surface area contributed by atoms with Gasteiger partial charge in [-0.2, -0.15) is 5.10 Å². The molecule has 0 spiro atoms. The number of aliphatic hydroxyl groups excluding tert-OH is 1. The van der Waals surface area contributed by atoms with Gasteiger partial charge in [0.1, 0.15) is 11.9 Å². The molecule has 1 aromatic heterocycles. The van der Waals surface area contributed by atoms with Gasteiger partial charge in [0.25, 0.3) is 0 Å². The van der Waals surface area contributed by atoms with Crippen molar-refractivity contribution in [1.82, 2.24) is 9.78 Å². The fraction of sp³-hybridized carbons (Fsp3) is 0.357. The molecule has 1 unspecified atom stereocenters. The molecule has 1 N–H and O–H groups in total. The second kappa shape index (κ2) is 7.11. The number of aliphatic hydroxyl groups is 1. The molecule has 0 bridgehead atoms. The van der Waals surface area contributed by atoms with Crippen molar-refractivity contribution in [2.75, 3.05) is 5.75 Å². The monoisotopic (exact) mass is 314 g/mol. The van der Waals surface area contributed by atoms with E-state index in [1.807, 2.05) is 13.0 Å². The van der Waals surface area contributed by atoms with Gasteiger partial charge >= 0.3 is 0 Å². The SMILES string of the molecule is CCCn1ncc(Cl)c1C(O)CSc1cccc(F)c1. The molecule has 0 radical (unpaired) electrons. The predicted molar refractivity (Wildman–Crippen MR) is 79.6 cm³/mol.